The highest BCUT2D eigenvalue weighted by atomic mass is 16.3. The van der Waals surface area contributed by atoms with Crippen LogP contribution in [0.2, 0.25) is 0 Å². The zero-order valence-electron chi connectivity index (χ0n) is 12.0. The minimum Gasteiger partial charge on any atom is -0.460 e. The van der Waals surface area contributed by atoms with Crippen molar-refractivity contribution in [2.24, 2.45) is 5.73 Å². The minimum atomic E-state index is -0.333. The highest BCUT2D eigenvalue weighted by Gasteiger charge is 2.17. The Bertz CT molecular complexity index is 784. The number of benzene rings is 1. The van der Waals surface area contributed by atoms with Crippen LogP contribution in [0.15, 0.2) is 51.7 Å². The molecule has 0 radical (unpaired) electrons. The molecule has 1 aliphatic carbocycles. The fourth-order valence-corrected chi connectivity index (χ4v) is 2.00. The molecule has 1 aromatic carbocycles. The number of allylic oxidation sites excluding steroid dienone is 1. The summed E-state index contributed by atoms with van der Waals surface area (Å²) in [5, 5.41) is 0. The number of carbonyl (C=O) groups excluding carboxylic acids is 2. The molecule has 22 heavy (non-hydrogen) atoms. The molecule has 0 bridgehead atoms. The summed E-state index contributed by atoms with van der Waals surface area (Å²) in [5.74, 6) is 0.576. The molecule has 0 aliphatic heterocycles. The van der Waals surface area contributed by atoms with E-state index in [4.69, 9.17) is 4.42 Å². The Morgan fingerprint density at radius 3 is 2.41 bits per heavy atom. The first-order valence-electron chi connectivity index (χ1n) is 6.67. The summed E-state index contributed by atoms with van der Waals surface area (Å²) in [6.07, 6.45) is 3.10. The molecule has 0 saturated heterocycles. The van der Waals surface area contributed by atoms with E-state index in [1.165, 1.54) is 25.1 Å². The minimum absolute atomic E-state index is 0.0455. The molecule has 2 aromatic rings. The van der Waals surface area contributed by atoms with Crippen molar-refractivity contribution in [1.82, 2.24) is 0 Å². The van der Waals surface area contributed by atoms with Crippen LogP contribution in [0.5, 0.6) is 0 Å². The van der Waals surface area contributed by atoms with Gasteiger partial charge in [0, 0.05) is 18.6 Å². The molecule has 0 unspecified atom stereocenters. The van der Waals surface area contributed by atoms with E-state index in [2.05, 4.69) is 5.73 Å². The number of carbonyl (C=O) groups is 2. The highest BCUT2D eigenvalue weighted by Crippen LogP contribution is 2.22. The standard InChI is InChI=1S/C15H10O3.C2H5NO/c16-11-6-7-12-13(17)9-14(18-15(12)8-11)10-4-2-1-3-5-10;1-2(3)4/h1-7,9H,8H2;1H3,(H2,3,4). The normalized spacial score (nSPS) is 12.1. The predicted octanol–water partition coefficient (Wildman–Crippen LogP) is 1.94. The molecule has 3 rings (SSSR count). The first-order chi connectivity index (χ1) is 10.5. The van der Waals surface area contributed by atoms with Crippen LogP contribution >= 0.6 is 0 Å². The SMILES string of the molecule is CC(N)=O.O=C1C=Cc2c(oc(-c3ccccc3)cc2=O)C1. The average Bonchev–Trinajstić information content (AvgIpc) is 2.47. The van der Waals surface area contributed by atoms with E-state index in [-0.39, 0.29) is 23.5 Å². The van der Waals surface area contributed by atoms with Crippen molar-refractivity contribution in [3.8, 4) is 11.3 Å². The number of hydrogen-bond donors (Lipinski definition) is 1. The van der Waals surface area contributed by atoms with E-state index in [0.717, 1.165) is 5.56 Å². The number of hydrogen-bond acceptors (Lipinski definition) is 4. The van der Waals surface area contributed by atoms with Crippen molar-refractivity contribution in [1.29, 1.82) is 0 Å². The molecule has 1 amide bonds. The van der Waals surface area contributed by atoms with Crippen LogP contribution in [0, 0.1) is 0 Å². The van der Waals surface area contributed by atoms with E-state index < -0.39 is 0 Å². The van der Waals surface area contributed by atoms with Crippen molar-refractivity contribution in [2.75, 3.05) is 0 Å². The third-order valence-electron chi connectivity index (χ3n) is 2.89. The molecule has 1 heterocycles. The fraction of sp³-hybridized carbons (Fsp3) is 0.118. The average molecular weight is 297 g/mol. The van der Waals surface area contributed by atoms with Gasteiger partial charge in [-0.2, -0.15) is 0 Å². The Labute approximate surface area is 127 Å². The largest absolute Gasteiger partial charge is 0.460 e. The summed E-state index contributed by atoms with van der Waals surface area (Å²) in [4.78, 5) is 32.5. The van der Waals surface area contributed by atoms with Crippen molar-refractivity contribution in [3.63, 3.8) is 0 Å². The van der Waals surface area contributed by atoms with Crippen LogP contribution in [0.3, 0.4) is 0 Å². The Hall–Kier alpha value is -2.95. The second-order valence-electron chi connectivity index (χ2n) is 4.76. The van der Waals surface area contributed by atoms with Crippen LogP contribution in [0.4, 0.5) is 0 Å². The maximum absolute atomic E-state index is 11.9. The predicted molar refractivity (Wildman–Crippen MR) is 83.0 cm³/mol. The van der Waals surface area contributed by atoms with E-state index >= 15 is 0 Å². The Morgan fingerprint density at radius 1 is 1.14 bits per heavy atom. The third-order valence-corrected chi connectivity index (χ3v) is 2.89. The zero-order chi connectivity index (χ0) is 16.1. The van der Waals surface area contributed by atoms with Gasteiger partial charge in [0.1, 0.15) is 11.5 Å². The molecule has 1 aromatic heterocycles. The highest BCUT2D eigenvalue weighted by molar-refractivity contribution is 5.97. The molecule has 5 nitrogen and oxygen atoms in total. The van der Waals surface area contributed by atoms with Gasteiger partial charge in [0.2, 0.25) is 5.91 Å². The number of nitrogens with two attached hydrogens (primary N) is 1. The number of ketones is 1. The van der Waals surface area contributed by atoms with Gasteiger partial charge in [-0.1, -0.05) is 30.3 Å². The molecule has 0 fully saturated rings. The molecular weight excluding hydrogens is 282 g/mol. The lowest BCUT2D eigenvalue weighted by atomic mass is 10.0. The summed E-state index contributed by atoms with van der Waals surface area (Å²) in [7, 11) is 0. The van der Waals surface area contributed by atoms with E-state index in [1.807, 2.05) is 30.3 Å². The first-order valence-corrected chi connectivity index (χ1v) is 6.67. The van der Waals surface area contributed by atoms with Crippen LogP contribution in [-0.2, 0) is 16.0 Å². The Kier molecular flexibility index (Phi) is 4.68. The molecule has 2 N–H and O–H groups in total. The molecule has 1 aliphatic rings. The summed E-state index contributed by atoms with van der Waals surface area (Å²) in [6.45, 7) is 1.31. The number of amides is 1. The Morgan fingerprint density at radius 2 is 1.77 bits per heavy atom. The van der Waals surface area contributed by atoms with Gasteiger partial charge in [-0.25, -0.2) is 0 Å². The summed E-state index contributed by atoms with van der Waals surface area (Å²) in [6, 6.07) is 10.8. The number of primary amides is 1. The lowest BCUT2D eigenvalue weighted by Crippen LogP contribution is -2.14. The second kappa shape index (κ2) is 6.67. The van der Waals surface area contributed by atoms with Gasteiger partial charge in [0.25, 0.3) is 0 Å². The van der Waals surface area contributed by atoms with Crippen molar-refractivity contribution in [2.45, 2.75) is 13.3 Å². The second-order valence-corrected chi connectivity index (χ2v) is 4.76. The molecule has 0 spiro atoms. The Balaban J connectivity index is 0.000000396. The smallest absolute Gasteiger partial charge is 0.214 e. The molecule has 0 atom stereocenters. The third kappa shape index (κ3) is 3.79. The summed E-state index contributed by atoms with van der Waals surface area (Å²) >= 11 is 0. The molecular formula is C17H15NO4. The van der Waals surface area contributed by atoms with Crippen molar-refractivity contribution >= 4 is 17.8 Å². The first kappa shape index (κ1) is 15.4. The van der Waals surface area contributed by atoms with Gasteiger partial charge < -0.3 is 10.2 Å². The van der Waals surface area contributed by atoms with Gasteiger partial charge >= 0.3 is 0 Å². The maximum atomic E-state index is 11.9. The summed E-state index contributed by atoms with van der Waals surface area (Å²) < 4.78 is 5.67. The van der Waals surface area contributed by atoms with Crippen LogP contribution < -0.4 is 11.2 Å². The fourth-order valence-electron chi connectivity index (χ4n) is 2.00. The van der Waals surface area contributed by atoms with Crippen molar-refractivity contribution in [3.05, 3.63) is 64.0 Å². The summed E-state index contributed by atoms with van der Waals surface area (Å²) in [5.41, 5.74) is 5.67. The van der Waals surface area contributed by atoms with Crippen molar-refractivity contribution < 1.29 is 14.0 Å². The van der Waals surface area contributed by atoms with Gasteiger partial charge in [0.05, 0.1) is 12.0 Å². The molecule has 5 heteroatoms. The molecule has 0 saturated carbocycles. The number of fused-ring (bicyclic) bond motifs is 1. The lowest BCUT2D eigenvalue weighted by Gasteiger charge is -2.09. The van der Waals surface area contributed by atoms with Gasteiger partial charge in [-0.05, 0) is 12.2 Å². The maximum Gasteiger partial charge on any atom is 0.214 e. The number of rotatable bonds is 1. The van der Waals surface area contributed by atoms with Crippen LogP contribution in [0.1, 0.15) is 18.2 Å². The molecule has 112 valence electrons. The quantitative estimate of drug-likeness (QED) is 0.870. The zero-order valence-corrected chi connectivity index (χ0v) is 12.0. The van der Waals surface area contributed by atoms with E-state index in [1.54, 1.807) is 0 Å². The van der Waals surface area contributed by atoms with Gasteiger partial charge in [-0.3, -0.25) is 14.4 Å². The lowest BCUT2D eigenvalue weighted by molar-refractivity contribution is -0.116. The topological polar surface area (TPSA) is 90.4 Å². The van der Waals surface area contributed by atoms with E-state index in [0.29, 0.717) is 17.1 Å². The van der Waals surface area contributed by atoms with E-state index in [9.17, 15) is 14.4 Å². The van der Waals surface area contributed by atoms with Crippen LogP contribution in [-0.4, -0.2) is 11.7 Å². The van der Waals surface area contributed by atoms with Gasteiger partial charge in [0.15, 0.2) is 11.2 Å². The monoisotopic (exact) mass is 297 g/mol. The van der Waals surface area contributed by atoms with Crippen LogP contribution in [0.25, 0.3) is 17.4 Å². The van der Waals surface area contributed by atoms with Gasteiger partial charge in [-0.15, -0.1) is 0 Å².